The van der Waals surface area contributed by atoms with Gasteiger partial charge in [-0.1, -0.05) is 0 Å². The molecule has 7 heteroatoms. The summed E-state index contributed by atoms with van der Waals surface area (Å²) >= 11 is 0. The summed E-state index contributed by atoms with van der Waals surface area (Å²) in [5.74, 6) is -3.65. The van der Waals surface area contributed by atoms with Crippen LogP contribution in [0.25, 0.3) is 0 Å². The molecule has 2 fully saturated rings. The molecule has 114 valence electrons. The van der Waals surface area contributed by atoms with Crippen molar-refractivity contribution in [2.45, 2.75) is 24.8 Å². The first kappa shape index (κ1) is 15.2. The van der Waals surface area contributed by atoms with Gasteiger partial charge in [0.25, 0.3) is 0 Å². The Morgan fingerprint density at radius 2 is 2.05 bits per heavy atom. The molecular weight excluding hydrogens is 274 g/mol. The van der Waals surface area contributed by atoms with Gasteiger partial charge >= 0.3 is 11.9 Å². The Labute approximate surface area is 122 Å². The van der Waals surface area contributed by atoms with E-state index >= 15 is 0 Å². The first-order valence-electron chi connectivity index (χ1n) is 6.89. The molecule has 1 spiro atoms. The number of nitrogens with zero attached hydrogens (tertiary/aromatic N) is 2. The van der Waals surface area contributed by atoms with Gasteiger partial charge in [-0.15, -0.1) is 0 Å². The number of rotatable bonds is 1. The Balaban J connectivity index is 0.000000232. The summed E-state index contributed by atoms with van der Waals surface area (Å²) in [6.07, 6.45) is 7.75. The highest BCUT2D eigenvalue weighted by molar-refractivity contribution is 6.27. The number of carboxylic acid groups (broad SMARTS) is 2. The van der Waals surface area contributed by atoms with Crippen LogP contribution in [0.3, 0.4) is 0 Å². The van der Waals surface area contributed by atoms with Gasteiger partial charge < -0.3 is 20.4 Å². The second kappa shape index (κ2) is 6.53. The summed E-state index contributed by atoms with van der Waals surface area (Å²) in [5.41, 5.74) is 1.68. The van der Waals surface area contributed by atoms with Crippen molar-refractivity contribution < 1.29 is 19.8 Å². The van der Waals surface area contributed by atoms with E-state index in [0.717, 1.165) is 6.54 Å². The lowest BCUT2D eigenvalue weighted by molar-refractivity contribution is -0.159. The molecule has 1 aromatic heterocycles. The average Bonchev–Trinajstić information content (AvgIpc) is 3.11. The van der Waals surface area contributed by atoms with Crippen LogP contribution in [0.2, 0.25) is 0 Å². The average molecular weight is 293 g/mol. The minimum absolute atomic E-state index is 0.413. The molecule has 1 atom stereocenters. The van der Waals surface area contributed by atoms with E-state index in [0.29, 0.717) is 5.54 Å². The summed E-state index contributed by atoms with van der Waals surface area (Å²) in [6.45, 7) is 3.51. The number of carbonyl (C=O) groups is 2. The van der Waals surface area contributed by atoms with Gasteiger partial charge in [-0.2, -0.15) is 0 Å². The van der Waals surface area contributed by atoms with Crippen molar-refractivity contribution in [3.63, 3.8) is 0 Å². The van der Waals surface area contributed by atoms with Gasteiger partial charge in [0, 0.05) is 24.8 Å². The maximum absolute atomic E-state index is 9.10. The quantitative estimate of drug-likeness (QED) is 0.650. The monoisotopic (exact) mass is 293 g/mol. The van der Waals surface area contributed by atoms with Crippen LogP contribution in [0.5, 0.6) is 0 Å². The standard InChI is InChI=1S/C12H17N3.C2H2O4/c1-3-11(9-13-6-1)15-8-5-12(10-15)4-2-7-14-12;3-1(4)2(5)6/h1,3,6,9,14H,2,4-5,7-8,10H2;(H,3,4)(H,5,6). The zero-order chi connectivity index (χ0) is 15.3. The first-order valence-corrected chi connectivity index (χ1v) is 6.89. The van der Waals surface area contributed by atoms with E-state index in [1.165, 1.54) is 38.0 Å². The molecule has 0 aliphatic carbocycles. The second-order valence-electron chi connectivity index (χ2n) is 5.30. The van der Waals surface area contributed by atoms with E-state index in [4.69, 9.17) is 19.8 Å². The lowest BCUT2D eigenvalue weighted by atomic mass is 9.97. The Hall–Kier alpha value is -2.15. The van der Waals surface area contributed by atoms with E-state index in [2.05, 4.69) is 21.3 Å². The van der Waals surface area contributed by atoms with Gasteiger partial charge in [0.2, 0.25) is 0 Å². The summed E-state index contributed by atoms with van der Waals surface area (Å²) in [4.78, 5) is 24.8. The van der Waals surface area contributed by atoms with Gasteiger partial charge in [-0.25, -0.2) is 9.59 Å². The fourth-order valence-electron chi connectivity index (χ4n) is 2.85. The smallest absolute Gasteiger partial charge is 0.414 e. The van der Waals surface area contributed by atoms with E-state index in [-0.39, 0.29) is 0 Å². The lowest BCUT2D eigenvalue weighted by Gasteiger charge is -2.25. The summed E-state index contributed by atoms with van der Waals surface area (Å²) < 4.78 is 0. The number of aliphatic carboxylic acids is 2. The Kier molecular flexibility index (Phi) is 4.74. The van der Waals surface area contributed by atoms with Gasteiger partial charge in [0.15, 0.2) is 0 Å². The lowest BCUT2D eigenvalue weighted by Crippen LogP contribution is -2.42. The molecule has 0 bridgehead atoms. The molecule has 0 aromatic carbocycles. The summed E-state index contributed by atoms with van der Waals surface area (Å²) in [7, 11) is 0. The van der Waals surface area contributed by atoms with E-state index < -0.39 is 11.9 Å². The zero-order valence-electron chi connectivity index (χ0n) is 11.7. The molecule has 2 saturated heterocycles. The number of carboxylic acids is 2. The molecule has 21 heavy (non-hydrogen) atoms. The van der Waals surface area contributed by atoms with Gasteiger partial charge in [-0.05, 0) is 37.9 Å². The zero-order valence-corrected chi connectivity index (χ0v) is 11.7. The molecule has 7 nitrogen and oxygen atoms in total. The molecule has 2 aliphatic rings. The maximum Gasteiger partial charge on any atom is 0.414 e. The van der Waals surface area contributed by atoms with Crippen molar-refractivity contribution in [2.75, 3.05) is 24.5 Å². The van der Waals surface area contributed by atoms with Crippen LogP contribution >= 0.6 is 0 Å². The fourth-order valence-corrected chi connectivity index (χ4v) is 2.85. The molecule has 0 saturated carbocycles. The van der Waals surface area contributed by atoms with Gasteiger partial charge in [0.05, 0.1) is 11.9 Å². The predicted molar refractivity (Wildman–Crippen MR) is 76.3 cm³/mol. The SMILES string of the molecule is O=C(O)C(=O)O.c1cncc(N2CCC3(CCCN3)C2)c1. The minimum atomic E-state index is -1.82. The third kappa shape index (κ3) is 3.91. The molecule has 3 rings (SSSR count). The van der Waals surface area contributed by atoms with Crippen LogP contribution in [0.15, 0.2) is 24.5 Å². The van der Waals surface area contributed by atoms with Crippen LogP contribution < -0.4 is 10.2 Å². The number of pyridine rings is 1. The van der Waals surface area contributed by atoms with E-state index in [1.807, 2.05) is 18.5 Å². The van der Waals surface area contributed by atoms with E-state index in [9.17, 15) is 0 Å². The largest absolute Gasteiger partial charge is 0.473 e. The van der Waals surface area contributed by atoms with Crippen LogP contribution in [-0.4, -0.2) is 52.3 Å². The molecular formula is C14H19N3O4. The molecule has 1 unspecified atom stereocenters. The van der Waals surface area contributed by atoms with Crippen LogP contribution in [0.4, 0.5) is 5.69 Å². The predicted octanol–water partition coefficient (Wildman–Crippen LogP) is 0.569. The van der Waals surface area contributed by atoms with Gasteiger partial charge in [-0.3, -0.25) is 4.98 Å². The summed E-state index contributed by atoms with van der Waals surface area (Å²) in [6, 6.07) is 4.17. The van der Waals surface area contributed by atoms with Crippen molar-refractivity contribution >= 4 is 17.6 Å². The number of anilines is 1. The van der Waals surface area contributed by atoms with Crippen molar-refractivity contribution in [3.8, 4) is 0 Å². The molecule has 2 aliphatic heterocycles. The van der Waals surface area contributed by atoms with Crippen LogP contribution in [-0.2, 0) is 9.59 Å². The Morgan fingerprint density at radius 3 is 2.57 bits per heavy atom. The normalized spacial score (nSPS) is 23.7. The second-order valence-corrected chi connectivity index (χ2v) is 5.30. The molecule has 3 heterocycles. The number of nitrogens with one attached hydrogen (secondary N) is 1. The topological polar surface area (TPSA) is 103 Å². The highest BCUT2D eigenvalue weighted by atomic mass is 16.4. The molecule has 0 radical (unpaired) electrons. The highest BCUT2D eigenvalue weighted by Crippen LogP contribution is 2.32. The Bertz CT molecular complexity index is 488. The van der Waals surface area contributed by atoms with E-state index in [1.54, 1.807) is 0 Å². The molecule has 0 amide bonds. The molecule has 3 N–H and O–H groups in total. The Morgan fingerprint density at radius 1 is 1.29 bits per heavy atom. The maximum atomic E-state index is 9.10. The van der Waals surface area contributed by atoms with Crippen molar-refractivity contribution in [3.05, 3.63) is 24.5 Å². The third-order valence-corrected chi connectivity index (χ3v) is 3.88. The number of hydrogen-bond donors (Lipinski definition) is 3. The fraction of sp³-hybridized carbons (Fsp3) is 0.500. The van der Waals surface area contributed by atoms with Crippen LogP contribution in [0.1, 0.15) is 19.3 Å². The molecule has 1 aromatic rings. The highest BCUT2D eigenvalue weighted by Gasteiger charge is 2.39. The third-order valence-electron chi connectivity index (χ3n) is 3.88. The van der Waals surface area contributed by atoms with Crippen molar-refractivity contribution in [1.29, 1.82) is 0 Å². The number of hydrogen-bond acceptors (Lipinski definition) is 5. The number of aromatic nitrogens is 1. The van der Waals surface area contributed by atoms with Crippen molar-refractivity contribution in [1.82, 2.24) is 10.3 Å². The first-order chi connectivity index (χ1) is 10.0. The van der Waals surface area contributed by atoms with Crippen molar-refractivity contribution in [2.24, 2.45) is 0 Å². The summed E-state index contributed by atoms with van der Waals surface area (Å²) in [5, 5.41) is 18.5. The van der Waals surface area contributed by atoms with Crippen LogP contribution in [0, 0.1) is 0 Å². The minimum Gasteiger partial charge on any atom is -0.473 e. The van der Waals surface area contributed by atoms with Gasteiger partial charge in [0.1, 0.15) is 0 Å².